The molecule has 0 saturated carbocycles. The average molecular weight is 546 g/mol. The molecule has 0 aromatic heterocycles. The van der Waals surface area contributed by atoms with Crippen molar-refractivity contribution in [2.75, 3.05) is 50.2 Å². The van der Waals surface area contributed by atoms with Gasteiger partial charge in [-0.15, -0.1) is 0 Å². The van der Waals surface area contributed by atoms with E-state index in [0.29, 0.717) is 24.7 Å². The molecule has 0 bridgehead atoms. The summed E-state index contributed by atoms with van der Waals surface area (Å²) < 4.78 is 50.1. The van der Waals surface area contributed by atoms with Crippen LogP contribution in [0.4, 0.5) is 22.7 Å². The molecular weight excluding hydrogens is 518 g/mol. The lowest BCUT2D eigenvalue weighted by atomic mass is 10.2. The summed E-state index contributed by atoms with van der Waals surface area (Å²) in [4.78, 5) is 10.7. The van der Waals surface area contributed by atoms with Crippen molar-refractivity contribution in [3.8, 4) is 17.2 Å². The van der Waals surface area contributed by atoms with Gasteiger partial charge in [0.25, 0.3) is 15.7 Å². The van der Waals surface area contributed by atoms with Crippen molar-refractivity contribution in [1.29, 1.82) is 0 Å². The van der Waals surface area contributed by atoms with Crippen LogP contribution in [0.5, 0.6) is 17.2 Å². The van der Waals surface area contributed by atoms with Crippen molar-refractivity contribution < 1.29 is 37.4 Å². The third kappa shape index (κ3) is 5.74. The predicted octanol–water partition coefficient (Wildman–Crippen LogP) is 3.67. The van der Waals surface area contributed by atoms with Crippen LogP contribution in [-0.4, -0.2) is 65.1 Å². The summed E-state index contributed by atoms with van der Waals surface area (Å²) in [6, 6.07) is 14.4. The minimum Gasteiger partial charge on any atom is -0.505 e. The second-order valence-electron chi connectivity index (χ2n) is 8.21. The second-order valence-corrected chi connectivity index (χ2v) is 9.99. The number of nitro benzene ring substituents is 1. The Morgan fingerprint density at radius 1 is 1.03 bits per heavy atom. The molecule has 0 spiro atoms. The minimum absolute atomic E-state index is 0.115. The number of aromatic hydroxyl groups is 1. The number of nitrogens with one attached hydrogen (secondary N) is 1. The first-order valence-corrected chi connectivity index (χ1v) is 13.0. The number of nitrogens with zero attached hydrogens (tertiary/aromatic N) is 2. The fourth-order valence-electron chi connectivity index (χ4n) is 3.90. The quantitative estimate of drug-likeness (QED) is 0.219. The lowest BCUT2D eigenvalue weighted by Crippen LogP contribution is -2.34. The summed E-state index contributed by atoms with van der Waals surface area (Å²) in [7, 11) is -1.49. The summed E-state index contributed by atoms with van der Waals surface area (Å²) in [6.07, 6.45) is -0.383. The maximum absolute atomic E-state index is 14.0. The third-order valence-corrected chi connectivity index (χ3v) is 7.54. The number of benzene rings is 3. The molecule has 1 atom stereocenters. The number of phenolic OH excluding ortho intramolecular Hbond substituents is 1. The van der Waals surface area contributed by atoms with Crippen molar-refractivity contribution in [3.05, 3.63) is 70.8 Å². The van der Waals surface area contributed by atoms with Gasteiger partial charge in [-0.2, -0.15) is 0 Å². The van der Waals surface area contributed by atoms with E-state index < -0.39 is 31.3 Å². The van der Waals surface area contributed by atoms with Crippen LogP contribution in [0, 0.1) is 10.1 Å². The zero-order valence-electron chi connectivity index (χ0n) is 20.7. The van der Waals surface area contributed by atoms with Crippen LogP contribution in [0.15, 0.2) is 65.6 Å². The van der Waals surface area contributed by atoms with E-state index in [1.54, 1.807) is 24.3 Å². The Labute approximate surface area is 219 Å². The summed E-state index contributed by atoms with van der Waals surface area (Å²) >= 11 is 0. The predicted molar refractivity (Wildman–Crippen MR) is 139 cm³/mol. The number of methoxy groups -OCH3 is 2. The first kappa shape index (κ1) is 27.0. The van der Waals surface area contributed by atoms with Crippen LogP contribution in [0.2, 0.25) is 0 Å². The van der Waals surface area contributed by atoms with Crippen molar-refractivity contribution in [1.82, 2.24) is 0 Å². The van der Waals surface area contributed by atoms with Crippen LogP contribution in [-0.2, 0) is 19.5 Å². The number of hydrogen-bond donors (Lipinski definition) is 2. The number of phenols is 1. The van der Waals surface area contributed by atoms with E-state index in [4.69, 9.17) is 18.9 Å². The largest absolute Gasteiger partial charge is 0.505 e. The fraction of sp³-hybridized carbons (Fsp3) is 0.280. The molecule has 0 unspecified atom stereocenters. The number of anilines is 3. The lowest BCUT2D eigenvalue weighted by molar-refractivity contribution is -0.384. The highest BCUT2D eigenvalue weighted by Gasteiger charge is 2.32. The molecule has 13 heteroatoms. The van der Waals surface area contributed by atoms with Crippen molar-refractivity contribution in [3.63, 3.8) is 0 Å². The Bertz CT molecular complexity index is 1330. The van der Waals surface area contributed by atoms with Gasteiger partial charge in [0.05, 0.1) is 61.3 Å². The maximum Gasteiger partial charge on any atom is 0.297 e. The van der Waals surface area contributed by atoms with Gasteiger partial charge in [-0.3, -0.25) is 10.1 Å². The van der Waals surface area contributed by atoms with E-state index in [9.17, 15) is 23.6 Å². The van der Waals surface area contributed by atoms with E-state index >= 15 is 0 Å². The summed E-state index contributed by atoms with van der Waals surface area (Å²) in [6.45, 7) is 1.23. The minimum atomic E-state index is -4.46. The Balaban J connectivity index is 1.77. The topological polar surface area (TPSA) is 150 Å². The van der Waals surface area contributed by atoms with Gasteiger partial charge in [0.15, 0.2) is 5.69 Å². The molecule has 1 aliphatic heterocycles. The maximum atomic E-state index is 14.0. The SMILES string of the molecule is COc1ccc(N(c2ccc(OC)cc2)S(=O)(=O)c2cc(O)c(NC[C@H]3COCCO3)c([N+](=O)[O-])c2)cc1. The van der Waals surface area contributed by atoms with E-state index in [1.807, 2.05) is 0 Å². The van der Waals surface area contributed by atoms with Gasteiger partial charge >= 0.3 is 0 Å². The molecule has 1 aliphatic rings. The third-order valence-electron chi connectivity index (χ3n) is 5.81. The molecule has 3 aromatic carbocycles. The normalized spacial score (nSPS) is 15.5. The monoisotopic (exact) mass is 545 g/mol. The molecule has 0 radical (unpaired) electrons. The number of hydrogen-bond acceptors (Lipinski definition) is 10. The first-order chi connectivity index (χ1) is 18.2. The Morgan fingerprint density at radius 3 is 2.08 bits per heavy atom. The highest BCUT2D eigenvalue weighted by atomic mass is 32.2. The highest BCUT2D eigenvalue weighted by Crippen LogP contribution is 2.40. The summed E-state index contributed by atoms with van der Waals surface area (Å²) in [5.41, 5.74) is -0.335. The molecule has 1 saturated heterocycles. The van der Waals surface area contributed by atoms with E-state index in [-0.39, 0.29) is 36.3 Å². The molecule has 1 fully saturated rings. The smallest absolute Gasteiger partial charge is 0.297 e. The molecular formula is C25H27N3O9S. The Kier molecular flexibility index (Phi) is 8.20. The van der Waals surface area contributed by atoms with E-state index in [0.717, 1.165) is 16.4 Å². The molecule has 3 aromatic rings. The van der Waals surface area contributed by atoms with Crippen LogP contribution < -0.4 is 19.1 Å². The number of rotatable bonds is 10. The zero-order chi connectivity index (χ0) is 27.3. The molecule has 0 aliphatic carbocycles. The first-order valence-electron chi connectivity index (χ1n) is 11.5. The van der Waals surface area contributed by atoms with E-state index in [1.165, 1.54) is 38.5 Å². The van der Waals surface area contributed by atoms with Crippen LogP contribution in [0.3, 0.4) is 0 Å². The Hall–Kier alpha value is -4.07. The van der Waals surface area contributed by atoms with Crippen LogP contribution in [0.25, 0.3) is 0 Å². The Morgan fingerprint density at radius 2 is 1.61 bits per heavy atom. The van der Waals surface area contributed by atoms with E-state index in [2.05, 4.69) is 5.32 Å². The van der Waals surface area contributed by atoms with Gasteiger partial charge in [0.2, 0.25) is 0 Å². The van der Waals surface area contributed by atoms with Gasteiger partial charge in [0, 0.05) is 18.7 Å². The van der Waals surface area contributed by atoms with Gasteiger partial charge < -0.3 is 29.4 Å². The van der Waals surface area contributed by atoms with Crippen molar-refractivity contribution >= 4 is 32.8 Å². The van der Waals surface area contributed by atoms with Gasteiger partial charge in [-0.05, 0) is 48.5 Å². The zero-order valence-corrected chi connectivity index (χ0v) is 21.5. The van der Waals surface area contributed by atoms with Crippen LogP contribution >= 0.6 is 0 Å². The standard InChI is InChI=1S/C25H27N3O9S/c1-34-19-7-3-17(4-8-19)27(18-5-9-20(35-2)10-6-18)38(32,33)22-13-23(28(30)31)25(24(29)14-22)26-15-21-16-36-11-12-37-21/h3-10,13-14,21,26,29H,11-12,15-16H2,1-2H3/t21-/m0/s1. The number of ether oxygens (including phenoxy) is 4. The summed E-state index contributed by atoms with van der Waals surface area (Å²) in [5.74, 6) is 0.424. The fourth-order valence-corrected chi connectivity index (χ4v) is 5.43. The second kappa shape index (κ2) is 11.5. The van der Waals surface area contributed by atoms with Gasteiger partial charge in [0.1, 0.15) is 17.2 Å². The molecule has 0 amide bonds. The summed E-state index contributed by atoms with van der Waals surface area (Å²) in [5, 5.41) is 25.4. The molecule has 4 rings (SSSR count). The molecule has 38 heavy (non-hydrogen) atoms. The number of nitro groups is 1. The number of sulfonamides is 1. The molecule has 12 nitrogen and oxygen atoms in total. The molecule has 2 N–H and O–H groups in total. The van der Waals surface area contributed by atoms with Crippen LogP contribution in [0.1, 0.15) is 0 Å². The van der Waals surface area contributed by atoms with Gasteiger partial charge in [-0.1, -0.05) is 0 Å². The van der Waals surface area contributed by atoms with Crippen molar-refractivity contribution in [2.24, 2.45) is 0 Å². The average Bonchev–Trinajstić information content (AvgIpc) is 2.93. The highest BCUT2D eigenvalue weighted by molar-refractivity contribution is 7.93. The van der Waals surface area contributed by atoms with Gasteiger partial charge in [-0.25, -0.2) is 12.7 Å². The molecule has 1 heterocycles. The lowest BCUT2D eigenvalue weighted by Gasteiger charge is -2.26. The van der Waals surface area contributed by atoms with Crippen molar-refractivity contribution in [2.45, 2.75) is 11.0 Å². The molecule has 202 valence electrons.